The first-order valence-corrected chi connectivity index (χ1v) is 7.87. The molecule has 0 fully saturated rings. The van der Waals surface area contributed by atoms with Crippen LogP contribution in [0.3, 0.4) is 0 Å². The van der Waals surface area contributed by atoms with Gasteiger partial charge in [-0.05, 0) is 30.7 Å². The number of carbonyl (C=O) groups excluding carboxylic acids is 1. The van der Waals surface area contributed by atoms with Crippen LogP contribution >= 0.6 is 0 Å². The molecule has 122 valence electrons. The molecule has 0 spiro atoms. The van der Waals surface area contributed by atoms with Gasteiger partial charge < -0.3 is 15.8 Å². The average molecular weight is 320 g/mol. The zero-order valence-corrected chi connectivity index (χ0v) is 13.5. The monoisotopic (exact) mass is 320 g/mol. The summed E-state index contributed by atoms with van der Waals surface area (Å²) in [4.78, 5) is 11.4. The van der Waals surface area contributed by atoms with Gasteiger partial charge in [-0.25, -0.2) is 0 Å². The first-order chi connectivity index (χ1) is 11.6. The van der Waals surface area contributed by atoms with Crippen LogP contribution in [0, 0.1) is 0 Å². The van der Waals surface area contributed by atoms with E-state index in [1.165, 1.54) is 13.0 Å². The number of ketones is 1. The van der Waals surface area contributed by atoms with Gasteiger partial charge in [0.2, 0.25) is 0 Å². The third-order valence-electron chi connectivity index (χ3n) is 3.76. The molecule has 4 nitrogen and oxygen atoms in total. The van der Waals surface area contributed by atoms with E-state index in [1.807, 2.05) is 48.5 Å². The Hall–Kier alpha value is -3.01. The van der Waals surface area contributed by atoms with Crippen molar-refractivity contribution in [2.75, 3.05) is 11.9 Å². The second-order valence-corrected chi connectivity index (χ2v) is 5.70. The lowest BCUT2D eigenvalue weighted by atomic mass is 10.1. The Morgan fingerprint density at radius 3 is 2.79 bits per heavy atom. The van der Waals surface area contributed by atoms with Gasteiger partial charge in [-0.2, -0.15) is 0 Å². The highest BCUT2D eigenvalue weighted by Gasteiger charge is 2.18. The van der Waals surface area contributed by atoms with Crippen molar-refractivity contribution >= 4 is 17.5 Å². The van der Waals surface area contributed by atoms with Crippen molar-refractivity contribution in [2.45, 2.75) is 13.0 Å². The van der Waals surface area contributed by atoms with E-state index in [1.54, 1.807) is 0 Å². The minimum Gasteiger partial charge on any atom is -0.479 e. The predicted molar refractivity (Wildman–Crippen MR) is 96.7 cm³/mol. The first kappa shape index (κ1) is 15.9. The number of ether oxygens (including phenoxy) is 1. The number of anilines is 1. The SMILES string of the molecule is CC(=O)C=C(N)C(Oc1ccc2c(c1)C=CCN2)c1ccccc1. The number of rotatable bonds is 5. The number of nitrogens with two attached hydrogens (primary N) is 1. The molecule has 0 aliphatic carbocycles. The quantitative estimate of drug-likeness (QED) is 0.825. The molecule has 1 aliphatic heterocycles. The smallest absolute Gasteiger partial charge is 0.163 e. The molecule has 1 atom stereocenters. The number of fused-ring (bicyclic) bond motifs is 1. The number of hydrogen-bond acceptors (Lipinski definition) is 4. The van der Waals surface area contributed by atoms with Crippen molar-refractivity contribution in [3.8, 4) is 5.75 Å². The Morgan fingerprint density at radius 1 is 1.25 bits per heavy atom. The van der Waals surface area contributed by atoms with Gasteiger partial charge in [0.1, 0.15) is 5.75 Å². The van der Waals surface area contributed by atoms with Crippen LogP contribution in [0.25, 0.3) is 6.08 Å². The third-order valence-corrected chi connectivity index (χ3v) is 3.76. The molecule has 1 heterocycles. The van der Waals surface area contributed by atoms with E-state index >= 15 is 0 Å². The zero-order valence-electron chi connectivity index (χ0n) is 13.5. The van der Waals surface area contributed by atoms with Crippen molar-refractivity contribution in [3.05, 3.63) is 77.5 Å². The standard InChI is InChI=1S/C20H20N2O2/c1-14(23)12-18(21)20(15-6-3-2-4-7-15)24-17-9-10-19-16(13-17)8-5-11-22-19/h2-10,12-13,20,22H,11,21H2,1H3. The molecule has 0 saturated heterocycles. The molecule has 2 aromatic rings. The summed E-state index contributed by atoms with van der Waals surface area (Å²) in [7, 11) is 0. The van der Waals surface area contributed by atoms with E-state index < -0.39 is 6.10 Å². The second kappa shape index (κ2) is 7.04. The fraction of sp³-hybridized carbons (Fsp3) is 0.150. The maximum atomic E-state index is 11.4. The third kappa shape index (κ3) is 3.66. The zero-order chi connectivity index (χ0) is 16.9. The van der Waals surface area contributed by atoms with E-state index in [-0.39, 0.29) is 5.78 Å². The van der Waals surface area contributed by atoms with Gasteiger partial charge in [0, 0.05) is 23.9 Å². The van der Waals surface area contributed by atoms with Crippen molar-refractivity contribution in [3.63, 3.8) is 0 Å². The summed E-state index contributed by atoms with van der Waals surface area (Å²) in [5, 5.41) is 3.30. The van der Waals surface area contributed by atoms with Gasteiger partial charge in [-0.3, -0.25) is 4.79 Å². The van der Waals surface area contributed by atoms with Crippen LogP contribution in [0.5, 0.6) is 5.75 Å². The number of benzene rings is 2. The summed E-state index contributed by atoms with van der Waals surface area (Å²) in [5.41, 5.74) is 9.56. The Labute approximate surface area is 141 Å². The van der Waals surface area contributed by atoms with Gasteiger partial charge in [0.05, 0.1) is 5.70 Å². The molecular weight excluding hydrogens is 300 g/mol. The lowest BCUT2D eigenvalue weighted by Crippen LogP contribution is -2.18. The van der Waals surface area contributed by atoms with E-state index in [0.717, 1.165) is 23.4 Å². The highest BCUT2D eigenvalue weighted by Crippen LogP contribution is 2.30. The topological polar surface area (TPSA) is 64.4 Å². The maximum absolute atomic E-state index is 11.4. The predicted octanol–water partition coefficient (Wildman–Crippen LogP) is 3.68. The lowest BCUT2D eigenvalue weighted by molar-refractivity contribution is -0.112. The van der Waals surface area contributed by atoms with Gasteiger partial charge in [0.25, 0.3) is 0 Å². The lowest BCUT2D eigenvalue weighted by Gasteiger charge is -2.21. The Balaban J connectivity index is 1.92. The highest BCUT2D eigenvalue weighted by molar-refractivity contribution is 5.88. The van der Waals surface area contributed by atoms with Crippen LogP contribution in [-0.2, 0) is 4.79 Å². The molecule has 4 heteroatoms. The van der Waals surface area contributed by atoms with E-state index in [0.29, 0.717) is 11.4 Å². The van der Waals surface area contributed by atoms with Gasteiger partial charge >= 0.3 is 0 Å². The van der Waals surface area contributed by atoms with Crippen molar-refractivity contribution in [1.29, 1.82) is 0 Å². The number of nitrogens with one attached hydrogen (secondary N) is 1. The molecule has 2 aromatic carbocycles. The summed E-state index contributed by atoms with van der Waals surface area (Å²) in [6, 6.07) is 15.5. The maximum Gasteiger partial charge on any atom is 0.163 e. The molecule has 1 unspecified atom stereocenters. The van der Waals surface area contributed by atoms with Gasteiger partial charge in [0.15, 0.2) is 11.9 Å². The van der Waals surface area contributed by atoms with E-state index in [2.05, 4.69) is 17.5 Å². The van der Waals surface area contributed by atoms with Crippen LogP contribution in [0.4, 0.5) is 5.69 Å². The Bertz CT molecular complexity index is 795. The number of carbonyl (C=O) groups is 1. The minimum absolute atomic E-state index is 0.102. The summed E-state index contributed by atoms with van der Waals surface area (Å²) >= 11 is 0. The summed E-state index contributed by atoms with van der Waals surface area (Å²) in [6.45, 7) is 2.30. The molecule has 0 aromatic heterocycles. The highest BCUT2D eigenvalue weighted by atomic mass is 16.5. The molecule has 0 saturated carbocycles. The summed E-state index contributed by atoms with van der Waals surface area (Å²) in [6.07, 6.45) is 5.03. The molecular formula is C20H20N2O2. The van der Waals surface area contributed by atoms with E-state index in [9.17, 15) is 4.79 Å². The molecule has 0 amide bonds. The first-order valence-electron chi connectivity index (χ1n) is 7.87. The molecule has 0 radical (unpaired) electrons. The van der Waals surface area contributed by atoms with Crippen LogP contribution in [0.1, 0.15) is 24.2 Å². The molecule has 0 bridgehead atoms. The largest absolute Gasteiger partial charge is 0.479 e. The summed E-state index contributed by atoms with van der Waals surface area (Å²) in [5.74, 6) is 0.602. The number of hydrogen-bond donors (Lipinski definition) is 2. The fourth-order valence-electron chi connectivity index (χ4n) is 2.67. The summed E-state index contributed by atoms with van der Waals surface area (Å²) < 4.78 is 6.12. The van der Waals surface area contributed by atoms with E-state index in [4.69, 9.17) is 10.5 Å². The van der Waals surface area contributed by atoms with Crippen molar-refractivity contribution in [1.82, 2.24) is 0 Å². The normalized spacial score (nSPS) is 14.5. The molecule has 3 rings (SSSR count). The minimum atomic E-state index is -0.506. The second-order valence-electron chi connectivity index (χ2n) is 5.70. The van der Waals surface area contributed by atoms with Crippen LogP contribution in [0.2, 0.25) is 0 Å². The van der Waals surface area contributed by atoms with Gasteiger partial charge in [-0.15, -0.1) is 0 Å². The van der Waals surface area contributed by atoms with Crippen molar-refractivity contribution < 1.29 is 9.53 Å². The van der Waals surface area contributed by atoms with Crippen LogP contribution in [0.15, 0.2) is 66.4 Å². The van der Waals surface area contributed by atoms with Gasteiger partial charge in [-0.1, -0.05) is 42.5 Å². The average Bonchev–Trinajstić information content (AvgIpc) is 2.59. The Kier molecular flexibility index (Phi) is 4.66. The molecule has 24 heavy (non-hydrogen) atoms. The molecule has 3 N–H and O–H groups in total. The van der Waals surface area contributed by atoms with Crippen LogP contribution in [-0.4, -0.2) is 12.3 Å². The Morgan fingerprint density at radius 2 is 2.04 bits per heavy atom. The van der Waals surface area contributed by atoms with Crippen LogP contribution < -0.4 is 15.8 Å². The number of allylic oxidation sites excluding steroid dienone is 1. The molecule has 1 aliphatic rings. The van der Waals surface area contributed by atoms with Crippen molar-refractivity contribution in [2.24, 2.45) is 5.73 Å². The fourth-order valence-corrected chi connectivity index (χ4v) is 2.67.